The van der Waals surface area contributed by atoms with E-state index in [0.29, 0.717) is 6.42 Å². The molecule has 1 spiro atoms. The number of nitrogens with zero attached hydrogens (tertiary/aromatic N) is 1. The third kappa shape index (κ3) is 3.37. The summed E-state index contributed by atoms with van der Waals surface area (Å²) in [7, 11) is 0. The number of carbonyl (C=O) groups is 3. The molecule has 31 heavy (non-hydrogen) atoms. The molecule has 3 aliphatic heterocycles. The number of hydrogen-bond donors (Lipinski definition) is 2. The first-order chi connectivity index (χ1) is 14.5. The number of rotatable bonds is 8. The van der Waals surface area contributed by atoms with Crippen molar-refractivity contribution in [3.8, 4) is 0 Å². The van der Waals surface area contributed by atoms with Gasteiger partial charge in [0.25, 0.3) is 0 Å². The summed E-state index contributed by atoms with van der Waals surface area (Å²) in [6, 6.07) is -1.56. The van der Waals surface area contributed by atoms with E-state index in [2.05, 4.69) is 5.32 Å². The fourth-order valence-electron chi connectivity index (χ4n) is 6.10. The summed E-state index contributed by atoms with van der Waals surface area (Å²) >= 11 is 0. The summed E-state index contributed by atoms with van der Waals surface area (Å²) in [4.78, 5) is 42.0. The maximum absolute atomic E-state index is 13.9. The molecule has 8 atom stereocenters. The van der Waals surface area contributed by atoms with Gasteiger partial charge in [-0.25, -0.2) is 0 Å². The Morgan fingerprint density at radius 2 is 1.97 bits per heavy atom. The van der Waals surface area contributed by atoms with Crippen LogP contribution in [0, 0.1) is 23.7 Å². The van der Waals surface area contributed by atoms with E-state index in [-0.39, 0.29) is 42.9 Å². The Labute approximate surface area is 185 Å². The lowest BCUT2D eigenvalue weighted by molar-refractivity contribution is -0.162. The number of esters is 1. The van der Waals surface area contributed by atoms with Crippen LogP contribution in [0.4, 0.5) is 0 Å². The van der Waals surface area contributed by atoms with Crippen molar-refractivity contribution in [3.05, 3.63) is 0 Å². The van der Waals surface area contributed by atoms with Crippen molar-refractivity contribution in [2.24, 2.45) is 23.7 Å². The molecule has 2 N–H and O–H groups in total. The Morgan fingerprint density at radius 1 is 1.32 bits per heavy atom. The van der Waals surface area contributed by atoms with Crippen LogP contribution in [0.1, 0.15) is 61.3 Å². The standard InChI is InChI=1S/C23H38N2O6/c1-8-13(5)15(11-26)25-18(19(27)24-12(3)4)23-10-14(6)22(7,31-23)17(16(23)20(25)28)21(29)30-9-2/h12-18,26H,8-11H2,1-7H3,(H,24,27)/t13-,14?,15-,16-,17-,18?,22+,23?/m0/s1. The van der Waals surface area contributed by atoms with Crippen LogP contribution in [-0.4, -0.2) is 70.3 Å². The predicted molar refractivity (Wildman–Crippen MR) is 114 cm³/mol. The average Bonchev–Trinajstić information content (AvgIpc) is 3.19. The molecule has 0 aromatic rings. The van der Waals surface area contributed by atoms with Gasteiger partial charge >= 0.3 is 5.97 Å². The number of fused-ring (bicyclic) bond motifs is 1. The number of ether oxygens (including phenoxy) is 2. The van der Waals surface area contributed by atoms with Gasteiger partial charge in [-0.3, -0.25) is 14.4 Å². The Balaban J connectivity index is 2.15. The van der Waals surface area contributed by atoms with Crippen LogP contribution in [0.2, 0.25) is 0 Å². The zero-order valence-corrected chi connectivity index (χ0v) is 19.8. The highest BCUT2D eigenvalue weighted by Gasteiger charge is 2.80. The van der Waals surface area contributed by atoms with Gasteiger partial charge in [-0.05, 0) is 46.0 Å². The first kappa shape index (κ1) is 24.0. The van der Waals surface area contributed by atoms with Gasteiger partial charge in [0.2, 0.25) is 11.8 Å². The van der Waals surface area contributed by atoms with Gasteiger partial charge in [0.05, 0.1) is 30.8 Å². The molecule has 8 nitrogen and oxygen atoms in total. The molecule has 2 bridgehead atoms. The van der Waals surface area contributed by atoms with Gasteiger partial charge in [-0.1, -0.05) is 27.2 Å². The molecule has 8 heteroatoms. The Hall–Kier alpha value is -1.67. The van der Waals surface area contributed by atoms with Crippen molar-refractivity contribution in [3.63, 3.8) is 0 Å². The predicted octanol–water partition coefficient (Wildman–Crippen LogP) is 1.49. The number of carbonyl (C=O) groups excluding carboxylic acids is 3. The minimum absolute atomic E-state index is 0.0234. The molecule has 2 amide bonds. The monoisotopic (exact) mass is 438 g/mol. The van der Waals surface area contributed by atoms with Crippen LogP contribution < -0.4 is 5.32 Å². The third-order valence-corrected chi connectivity index (χ3v) is 7.82. The minimum atomic E-state index is -1.11. The van der Waals surface area contributed by atoms with Gasteiger partial charge in [-0.15, -0.1) is 0 Å². The SMILES string of the molecule is CCOC(=O)[C@@H]1[C@H]2C(=O)N([C@@H](CO)[C@@H](C)CC)C(C(=O)NC(C)C)C23CC(C)[C@@]1(C)O3. The second-order valence-electron chi connectivity index (χ2n) is 10.0. The Bertz CT molecular complexity index is 742. The molecule has 0 aromatic heterocycles. The second kappa shape index (κ2) is 8.35. The highest BCUT2D eigenvalue weighted by atomic mass is 16.6. The van der Waals surface area contributed by atoms with E-state index in [9.17, 15) is 19.5 Å². The normalized spacial score (nSPS) is 38.4. The molecule has 176 valence electrons. The number of likely N-dealkylation sites (tertiary alicyclic amines) is 1. The van der Waals surface area contributed by atoms with Crippen molar-refractivity contribution < 1.29 is 29.0 Å². The molecule has 0 saturated carbocycles. The summed E-state index contributed by atoms with van der Waals surface area (Å²) in [5.74, 6) is -2.68. The Kier molecular flexibility index (Phi) is 6.46. The van der Waals surface area contributed by atoms with E-state index in [0.717, 1.165) is 6.42 Å². The van der Waals surface area contributed by atoms with Crippen LogP contribution in [0.5, 0.6) is 0 Å². The van der Waals surface area contributed by atoms with E-state index in [1.807, 2.05) is 41.5 Å². The maximum atomic E-state index is 13.9. The van der Waals surface area contributed by atoms with Crippen molar-refractivity contribution >= 4 is 17.8 Å². The topological polar surface area (TPSA) is 105 Å². The number of aliphatic hydroxyl groups is 1. The van der Waals surface area contributed by atoms with Gasteiger partial charge in [0, 0.05) is 6.04 Å². The summed E-state index contributed by atoms with van der Waals surface area (Å²) in [5, 5.41) is 13.2. The molecule has 3 fully saturated rings. The Morgan fingerprint density at radius 3 is 2.48 bits per heavy atom. The molecular weight excluding hydrogens is 400 g/mol. The largest absolute Gasteiger partial charge is 0.466 e. The van der Waals surface area contributed by atoms with Crippen molar-refractivity contribution in [1.29, 1.82) is 0 Å². The van der Waals surface area contributed by atoms with E-state index < -0.39 is 41.1 Å². The average molecular weight is 439 g/mol. The van der Waals surface area contributed by atoms with Crippen LogP contribution in [-0.2, 0) is 23.9 Å². The lowest BCUT2D eigenvalue weighted by Crippen LogP contribution is -2.60. The van der Waals surface area contributed by atoms with Crippen LogP contribution in [0.25, 0.3) is 0 Å². The maximum Gasteiger partial charge on any atom is 0.312 e. The number of amides is 2. The smallest absolute Gasteiger partial charge is 0.312 e. The molecule has 3 saturated heterocycles. The lowest BCUT2D eigenvalue weighted by Gasteiger charge is -2.39. The molecule has 0 aromatic carbocycles. The third-order valence-electron chi connectivity index (χ3n) is 7.82. The van der Waals surface area contributed by atoms with Crippen LogP contribution in [0.15, 0.2) is 0 Å². The van der Waals surface area contributed by atoms with Crippen molar-refractivity contribution in [2.45, 2.75) is 90.6 Å². The van der Waals surface area contributed by atoms with E-state index >= 15 is 0 Å². The zero-order valence-electron chi connectivity index (χ0n) is 19.8. The summed E-state index contributed by atoms with van der Waals surface area (Å²) in [6.45, 7) is 13.2. The first-order valence-corrected chi connectivity index (χ1v) is 11.6. The molecule has 3 unspecified atom stereocenters. The first-order valence-electron chi connectivity index (χ1n) is 11.6. The van der Waals surface area contributed by atoms with Gasteiger partial charge in [0.1, 0.15) is 17.6 Å². The molecule has 0 radical (unpaired) electrons. The van der Waals surface area contributed by atoms with E-state index in [1.165, 1.54) is 4.90 Å². The molecule has 3 heterocycles. The van der Waals surface area contributed by atoms with Gasteiger partial charge in [0.15, 0.2) is 0 Å². The summed E-state index contributed by atoms with van der Waals surface area (Å²) < 4.78 is 11.9. The molecule has 3 aliphatic rings. The minimum Gasteiger partial charge on any atom is -0.466 e. The summed E-state index contributed by atoms with van der Waals surface area (Å²) in [5.41, 5.74) is -1.98. The van der Waals surface area contributed by atoms with Crippen molar-refractivity contribution in [1.82, 2.24) is 10.2 Å². The second-order valence-corrected chi connectivity index (χ2v) is 10.0. The van der Waals surface area contributed by atoms with Gasteiger partial charge in [-0.2, -0.15) is 0 Å². The number of nitrogens with one attached hydrogen (secondary N) is 1. The van der Waals surface area contributed by atoms with E-state index in [4.69, 9.17) is 9.47 Å². The van der Waals surface area contributed by atoms with Gasteiger partial charge < -0.3 is 24.8 Å². The summed E-state index contributed by atoms with van der Waals surface area (Å²) in [6.07, 6.45) is 1.24. The molecular formula is C23H38N2O6. The quantitative estimate of drug-likeness (QED) is 0.557. The fraction of sp³-hybridized carbons (Fsp3) is 0.870. The van der Waals surface area contributed by atoms with Crippen LogP contribution in [0.3, 0.4) is 0 Å². The number of hydrogen-bond acceptors (Lipinski definition) is 6. The van der Waals surface area contributed by atoms with E-state index in [1.54, 1.807) is 6.92 Å². The van der Waals surface area contributed by atoms with Crippen molar-refractivity contribution in [2.75, 3.05) is 13.2 Å². The lowest BCUT2D eigenvalue weighted by atomic mass is 9.62. The highest BCUT2D eigenvalue weighted by Crippen LogP contribution is 2.65. The highest BCUT2D eigenvalue weighted by molar-refractivity contribution is 5.98. The zero-order chi connectivity index (χ0) is 23.3. The molecule has 3 rings (SSSR count). The number of aliphatic hydroxyl groups excluding tert-OH is 1. The molecule has 0 aliphatic carbocycles. The fourth-order valence-corrected chi connectivity index (χ4v) is 6.10. The van der Waals surface area contributed by atoms with Crippen LogP contribution >= 0.6 is 0 Å².